The van der Waals surface area contributed by atoms with E-state index in [1.54, 1.807) is 0 Å². The normalized spacial score (nSPS) is 26.7. The van der Waals surface area contributed by atoms with Crippen LogP contribution < -0.4 is 0 Å². The highest BCUT2D eigenvalue weighted by Crippen LogP contribution is 2.56. The second kappa shape index (κ2) is 7.34. The highest BCUT2D eigenvalue weighted by atomic mass is 35.5. The first-order valence-electron chi connectivity index (χ1n) is 9.94. The molecule has 0 radical (unpaired) electrons. The van der Waals surface area contributed by atoms with E-state index < -0.39 is 0 Å². The van der Waals surface area contributed by atoms with Gasteiger partial charge in [-0.2, -0.15) is 0 Å². The minimum absolute atomic E-state index is 0. The quantitative estimate of drug-likeness (QED) is 0.743. The number of nitrogens with zero attached hydrogens (tertiary/aromatic N) is 1. The van der Waals surface area contributed by atoms with E-state index in [1.165, 1.54) is 61.0 Å². The molecule has 0 atom stereocenters. The zero-order valence-corrected chi connectivity index (χ0v) is 16.1. The van der Waals surface area contributed by atoms with Gasteiger partial charge in [-0.05, 0) is 61.0 Å². The molecule has 0 unspecified atom stereocenters. The van der Waals surface area contributed by atoms with Crippen LogP contribution >= 0.6 is 12.4 Å². The molecule has 2 aromatic rings. The lowest BCUT2D eigenvalue weighted by Crippen LogP contribution is -2.44. The van der Waals surface area contributed by atoms with Crippen LogP contribution in [0.25, 0.3) is 0 Å². The Morgan fingerprint density at radius 2 is 1.50 bits per heavy atom. The summed E-state index contributed by atoms with van der Waals surface area (Å²) in [5.41, 5.74) is 5.60. The molecule has 0 aromatic heterocycles. The van der Waals surface area contributed by atoms with Gasteiger partial charge in [-0.3, -0.25) is 0 Å². The van der Waals surface area contributed by atoms with Crippen molar-refractivity contribution in [3.05, 3.63) is 70.8 Å². The average molecular weight is 370 g/mol. The van der Waals surface area contributed by atoms with Crippen molar-refractivity contribution < 1.29 is 4.74 Å². The maximum absolute atomic E-state index is 6.77. The smallest absolute Gasteiger partial charge is 0.119 e. The zero-order valence-electron chi connectivity index (χ0n) is 15.3. The van der Waals surface area contributed by atoms with Crippen LogP contribution in [0.3, 0.4) is 0 Å². The van der Waals surface area contributed by atoms with E-state index in [4.69, 9.17) is 4.74 Å². The summed E-state index contributed by atoms with van der Waals surface area (Å²) in [6.45, 7) is 4.38. The lowest BCUT2D eigenvalue weighted by atomic mass is 9.61. The summed E-state index contributed by atoms with van der Waals surface area (Å²) < 4.78 is 6.77. The first kappa shape index (κ1) is 18.0. The van der Waals surface area contributed by atoms with Crippen molar-refractivity contribution in [1.82, 2.24) is 4.90 Å². The molecule has 1 fully saturated rings. The third kappa shape index (κ3) is 2.79. The monoisotopic (exact) mass is 369 g/mol. The van der Waals surface area contributed by atoms with Gasteiger partial charge in [-0.25, -0.2) is 0 Å². The van der Waals surface area contributed by atoms with E-state index in [0.29, 0.717) is 5.92 Å². The van der Waals surface area contributed by atoms with Crippen LogP contribution in [-0.2, 0) is 10.3 Å². The first-order valence-corrected chi connectivity index (χ1v) is 9.94. The molecule has 138 valence electrons. The number of likely N-dealkylation sites (tertiary alicyclic amines) is 1. The van der Waals surface area contributed by atoms with Gasteiger partial charge >= 0.3 is 0 Å². The Balaban J connectivity index is 0.00000168. The molecule has 26 heavy (non-hydrogen) atoms. The summed E-state index contributed by atoms with van der Waals surface area (Å²) in [4.78, 5) is 2.58. The van der Waals surface area contributed by atoms with E-state index in [9.17, 15) is 0 Å². The molecular formula is C23H28ClNO. The molecule has 2 bridgehead atoms. The molecule has 0 amide bonds. The van der Waals surface area contributed by atoms with Crippen LogP contribution in [0.15, 0.2) is 48.5 Å². The highest BCUT2D eigenvalue weighted by molar-refractivity contribution is 5.85. The van der Waals surface area contributed by atoms with Crippen LogP contribution in [0, 0.1) is 0 Å². The first-order chi connectivity index (χ1) is 12.4. The van der Waals surface area contributed by atoms with Gasteiger partial charge in [0, 0.05) is 12.5 Å². The van der Waals surface area contributed by atoms with Gasteiger partial charge in [-0.15, -0.1) is 12.4 Å². The maximum atomic E-state index is 6.77. The third-order valence-corrected chi connectivity index (χ3v) is 6.53. The van der Waals surface area contributed by atoms with Gasteiger partial charge in [-0.1, -0.05) is 55.0 Å². The molecule has 0 saturated carbocycles. The Kier molecular flexibility index (Phi) is 5.09. The SMILES string of the molecule is Cl.c1ccc2c(c1)C1CCC2(OCCN2CCCCC2)c2ccccc21. The van der Waals surface area contributed by atoms with Gasteiger partial charge in [0.2, 0.25) is 0 Å². The van der Waals surface area contributed by atoms with Crippen LogP contribution in [0.5, 0.6) is 0 Å². The van der Waals surface area contributed by atoms with Gasteiger partial charge in [0.15, 0.2) is 0 Å². The maximum Gasteiger partial charge on any atom is 0.119 e. The minimum atomic E-state index is -0.224. The molecule has 3 aliphatic carbocycles. The standard InChI is InChI=1S/C23H27NO.ClH/c1-6-14-24(15-7-1)16-17-25-23-13-12-18(19-8-2-4-10-21(19)23)20-9-3-5-11-22(20)23;/h2-5,8-11,18H,1,6-7,12-17H2;1H. The van der Waals surface area contributed by atoms with E-state index in [1.807, 2.05) is 0 Å². The van der Waals surface area contributed by atoms with Gasteiger partial charge < -0.3 is 9.64 Å². The number of benzene rings is 2. The summed E-state index contributed by atoms with van der Waals surface area (Å²) in [7, 11) is 0. The molecule has 4 aliphatic rings. The number of hydrogen-bond acceptors (Lipinski definition) is 2. The summed E-state index contributed by atoms with van der Waals surface area (Å²) in [6.07, 6.45) is 6.41. The fourth-order valence-corrected chi connectivity index (χ4v) is 5.34. The van der Waals surface area contributed by atoms with E-state index in [-0.39, 0.29) is 18.0 Å². The highest BCUT2D eigenvalue weighted by Gasteiger charge is 2.48. The largest absolute Gasteiger partial charge is 0.364 e. The van der Waals surface area contributed by atoms with Crippen molar-refractivity contribution in [1.29, 1.82) is 0 Å². The fraction of sp³-hybridized carbons (Fsp3) is 0.478. The number of ether oxygens (including phenoxy) is 1. The van der Waals surface area contributed by atoms with Gasteiger partial charge in [0.1, 0.15) is 5.60 Å². The predicted octanol–water partition coefficient (Wildman–Crippen LogP) is 5.09. The average Bonchev–Trinajstić information content (AvgIpc) is 2.70. The fourth-order valence-electron chi connectivity index (χ4n) is 5.34. The molecule has 1 aliphatic heterocycles. The van der Waals surface area contributed by atoms with Crippen LogP contribution in [0.2, 0.25) is 0 Å². The molecule has 3 heteroatoms. The van der Waals surface area contributed by atoms with E-state index in [0.717, 1.165) is 19.6 Å². The Morgan fingerprint density at radius 1 is 0.885 bits per heavy atom. The lowest BCUT2D eigenvalue weighted by Gasteiger charge is -2.49. The molecule has 2 nitrogen and oxygen atoms in total. The van der Waals surface area contributed by atoms with Crippen LogP contribution in [0.1, 0.15) is 60.3 Å². The van der Waals surface area contributed by atoms with Gasteiger partial charge in [0.25, 0.3) is 0 Å². The number of hydrogen-bond donors (Lipinski definition) is 0. The second-order valence-corrected chi connectivity index (χ2v) is 7.84. The summed E-state index contributed by atoms with van der Waals surface area (Å²) in [5, 5.41) is 0. The van der Waals surface area contributed by atoms with E-state index in [2.05, 4.69) is 53.4 Å². The predicted molar refractivity (Wildman–Crippen MR) is 108 cm³/mol. The van der Waals surface area contributed by atoms with Crippen LogP contribution in [-0.4, -0.2) is 31.1 Å². The van der Waals surface area contributed by atoms with Crippen LogP contribution in [0.4, 0.5) is 0 Å². The number of fused-ring (bicyclic) bond motifs is 1. The van der Waals surface area contributed by atoms with Crippen molar-refractivity contribution in [3.63, 3.8) is 0 Å². The third-order valence-electron chi connectivity index (χ3n) is 6.53. The molecule has 1 saturated heterocycles. The topological polar surface area (TPSA) is 12.5 Å². The Hall–Kier alpha value is -1.35. The van der Waals surface area contributed by atoms with Crippen molar-refractivity contribution >= 4 is 12.4 Å². The zero-order chi connectivity index (χ0) is 16.7. The van der Waals surface area contributed by atoms with Crippen molar-refractivity contribution in [2.24, 2.45) is 0 Å². The van der Waals surface area contributed by atoms with Gasteiger partial charge in [0.05, 0.1) is 6.61 Å². The van der Waals surface area contributed by atoms with Crippen molar-refractivity contribution in [3.8, 4) is 0 Å². The van der Waals surface area contributed by atoms with E-state index >= 15 is 0 Å². The molecular weight excluding hydrogens is 342 g/mol. The molecule has 0 N–H and O–H groups in total. The Morgan fingerprint density at radius 3 is 2.15 bits per heavy atom. The van der Waals surface area contributed by atoms with Crippen molar-refractivity contribution in [2.45, 2.75) is 43.6 Å². The minimum Gasteiger partial charge on any atom is -0.364 e. The number of halogens is 1. The molecule has 0 spiro atoms. The summed E-state index contributed by atoms with van der Waals surface area (Å²) in [5.74, 6) is 0.556. The summed E-state index contributed by atoms with van der Waals surface area (Å²) >= 11 is 0. The van der Waals surface area contributed by atoms with Crippen molar-refractivity contribution in [2.75, 3.05) is 26.2 Å². The second-order valence-electron chi connectivity index (χ2n) is 7.84. The lowest BCUT2D eigenvalue weighted by molar-refractivity contribution is -0.0478. The Bertz CT molecular complexity index is 721. The summed E-state index contributed by atoms with van der Waals surface area (Å²) in [6, 6.07) is 18.0. The molecule has 2 aromatic carbocycles. The Labute approximate surface area is 163 Å². The molecule has 6 rings (SSSR count). The number of piperidine rings is 1. The number of rotatable bonds is 4. The molecule has 1 heterocycles.